The van der Waals surface area contributed by atoms with Crippen molar-refractivity contribution >= 4 is 22.4 Å². The summed E-state index contributed by atoms with van der Waals surface area (Å²) in [5.41, 5.74) is 7.12. The number of aromatic hydroxyl groups is 1. The van der Waals surface area contributed by atoms with E-state index in [0.717, 1.165) is 10.8 Å². The Morgan fingerprint density at radius 3 is 2.43 bits per heavy atom. The Kier molecular flexibility index (Phi) is 2.99. The second-order valence-electron chi connectivity index (χ2n) is 4.75. The smallest absolute Gasteiger partial charge is 0.336 e. The van der Waals surface area contributed by atoms with Gasteiger partial charge >= 0.3 is 5.97 Å². The summed E-state index contributed by atoms with van der Waals surface area (Å²) in [6.45, 7) is 0. The molecule has 104 valence electrons. The minimum absolute atomic E-state index is 0.0710. The molecule has 3 aromatic carbocycles. The van der Waals surface area contributed by atoms with Crippen LogP contribution >= 0.6 is 0 Å². The number of carboxylic acids is 1. The molecule has 0 saturated carbocycles. The van der Waals surface area contributed by atoms with Gasteiger partial charge in [-0.25, -0.2) is 4.79 Å². The number of carbonyl (C=O) groups is 1. The molecular weight excluding hydrogens is 266 g/mol. The lowest BCUT2D eigenvalue weighted by Gasteiger charge is -2.13. The first-order valence-corrected chi connectivity index (χ1v) is 6.42. The van der Waals surface area contributed by atoms with E-state index in [0.29, 0.717) is 11.1 Å². The second kappa shape index (κ2) is 4.83. The molecule has 4 N–H and O–H groups in total. The topological polar surface area (TPSA) is 83.5 Å². The van der Waals surface area contributed by atoms with Crippen LogP contribution in [0.5, 0.6) is 5.75 Å². The zero-order valence-corrected chi connectivity index (χ0v) is 11.1. The van der Waals surface area contributed by atoms with Gasteiger partial charge in [0.25, 0.3) is 0 Å². The minimum Gasteiger partial charge on any atom is -0.506 e. The molecule has 0 aliphatic rings. The van der Waals surface area contributed by atoms with E-state index in [9.17, 15) is 15.0 Å². The Bertz CT molecular complexity index is 851. The van der Waals surface area contributed by atoms with E-state index >= 15 is 0 Å². The van der Waals surface area contributed by atoms with Crippen molar-refractivity contribution in [2.24, 2.45) is 0 Å². The van der Waals surface area contributed by atoms with Gasteiger partial charge < -0.3 is 15.9 Å². The van der Waals surface area contributed by atoms with Gasteiger partial charge in [-0.05, 0) is 28.5 Å². The van der Waals surface area contributed by atoms with Crippen LogP contribution < -0.4 is 5.73 Å². The Labute approximate surface area is 121 Å². The van der Waals surface area contributed by atoms with Crippen molar-refractivity contribution in [3.8, 4) is 16.9 Å². The molecule has 0 unspecified atom stereocenters. The summed E-state index contributed by atoms with van der Waals surface area (Å²) in [7, 11) is 0. The van der Waals surface area contributed by atoms with Crippen LogP contribution in [0.3, 0.4) is 0 Å². The van der Waals surface area contributed by atoms with Gasteiger partial charge in [0.05, 0.1) is 11.3 Å². The van der Waals surface area contributed by atoms with Gasteiger partial charge in [0, 0.05) is 5.56 Å². The van der Waals surface area contributed by atoms with Gasteiger partial charge in [0.1, 0.15) is 5.75 Å². The average molecular weight is 279 g/mol. The molecule has 3 aromatic rings. The van der Waals surface area contributed by atoms with Gasteiger partial charge in [-0.15, -0.1) is 0 Å². The molecule has 0 saturated heterocycles. The zero-order chi connectivity index (χ0) is 15.0. The molecule has 21 heavy (non-hydrogen) atoms. The molecule has 0 radical (unpaired) electrons. The summed E-state index contributed by atoms with van der Waals surface area (Å²) in [4.78, 5) is 11.5. The van der Waals surface area contributed by atoms with E-state index in [-0.39, 0.29) is 17.0 Å². The zero-order valence-electron chi connectivity index (χ0n) is 11.1. The highest BCUT2D eigenvalue weighted by Crippen LogP contribution is 2.39. The quantitative estimate of drug-likeness (QED) is 0.495. The van der Waals surface area contributed by atoms with Gasteiger partial charge in [-0.3, -0.25) is 0 Å². The lowest BCUT2D eigenvalue weighted by molar-refractivity contribution is 0.0698. The fourth-order valence-electron chi connectivity index (χ4n) is 2.52. The summed E-state index contributed by atoms with van der Waals surface area (Å²) >= 11 is 0. The van der Waals surface area contributed by atoms with Crippen LogP contribution in [0.15, 0.2) is 54.6 Å². The Hall–Kier alpha value is -3.01. The third-order valence-corrected chi connectivity index (χ3v) is 3.51. The standard InChI is InChI=1S/C17H13NO3/c18-16-14(19)9-8-13(17(20)21)15(16)12-7-3-5-10-4-1-2-6-11(10)12/h1-9,19H,18H2,(H,20,21). The largest absolute Gasteiger partial charge is 0.506 e. The molecule has 0 bridgehead atoms. The predicted octanol–water partition coefficient (Wildman–Crippen LogP) is 3.49. The highest BCUT2D eigenvalue weighted by molar-refractivity contribution is 6.07. The summed E-state index contributed by atoms with van der Waals surface area (Å²) in [5, 5.41) is 21.1. The molecule has 0 heterocycles. The molecule has 0 amide bonds. The number of nitrogen functional groups attached to an aromatic ring is 1. The molecule has 0 aliphatic heterocycles. The van der Waals surface area contributed by atoms with Crippen molar-refractivity contribution in [2.75, 3.05) is 5.73 Å². The molecule has 0 aliphatic carbocycles. The molecule has 3 rings (SSSR count). The number of hydrogen-bond acceptors (Lipinski definition) is 3. The Balaban J connectivity index is 2.43. The average Bonchev–Trinajstić information content (AvgIpc) is 2.49. The lowest BCUT2D eigenvalue weighted by Crippen LogP contribution is -2.03. The Morgan fingerprint density at radius 2 is 1.67 bits per heavy atom. The van der Waals surface area contributed by atoms with Crippen LogP contribution in [0, 0.1) is 0 Å². The number of phenolic OH excluding ortho intramolecular Hbond substituents is 1. The third kappa shape index (κ3) is 2.07. The second-order valence-corrected chi connectivity index (χ2v) is 4.75. The van der Waals surface area contributed by atoms with Crippen molar-refractivity contribution in [1.29, 1.82) is 0 Å². The number of phenols is 1. The minimum atomic E-state index is -1.08. The maximum Gasteiger partial charge on any atom is 0.336 e. The van der Waals surface area contributed by atoms with Crippen LogP contribution in [-0.4, -0.2) is 16.2 Å². The van der Waals surface area contributed by atoms with E-state index in [1.54, 1.807) is 6.07 Å². The first-order chi connectivity index (χ1) is 10.1. The Morgan fingerprint density at radius 1 is 0.952 bits per heavy atom. The number of benzene rings is 3. The normalized spacial score (nSPS) is 10.7. The number of fused-ring (bicyclic) bond motifs is 1. The van der Waals surface area contributed by atoms with Crippen molar-refractivity contribution in [2.45, 2.75) is 0 Å². The fourth-order valence-corrected chi connectivity index (χ4v) is 2.52. The van der Waals surface area contributed by atoms with Crippen LogP contribution in [0.2, 0.25) is 0 Å². The van der Waals surface area contributed by atoms with Gasteiger partial charge in [-0.1, -0.05) is 42.5 Å². The predicted molar refractivity (Wildman–Crippen MR) is 82.4 cm³/mol. The van der Waals surface area contributed by atoms with Crippen LogP contribution in [0.25, 0.3) is 21.9 Å². The van der Waals surface area contributed by atoms with Crippen molar-refractivity contribution in [1.82, 2.24) is 0 Å². The molecule has 4 heteroatoms. The van der Waals surface area contributed by atoms with Crippen LogP contribution in [0.1, 0.15) is 10.4 Å². The molecular formula is C17H13NO3. The van der Waals surface area contributed by atoms with E-state index in [1.807, 2.05) is 36.4 Å². The number of aromatic carboxylic acids is 1. The maximum absolute atomic E-state index is 11.5. The summed E-state index contributed by atoms with van der Waals surface area (Å²) < 4.78 is 0. The van der Waals surface area contributed by atoms with Gasteiger partial charge in [0.15, 0.2) is 0 Å². The number of hydrogen-bond donors (Lipinski definition) is 3. The van der Waals surface area contributed by atoms with E-state index in [4.69, 9.17) is 5.73 Å². The number of carboxylic acid groups (broad SMARTS) is 1. The first-order valence-electron chi connectivity index (χ1n) is 6.42. The maximum atomic E-state index is 11.5. The van der Waals surface area contributed by atoms with Crippen molar-refractivity contribution < 1.29 is 15.0 Å². The highest BCUT2D eigenvalue weighted by Gasteiger charge is 2.18. The van der Waals surface area contributed by atoms with Crippen molar-refractivity contribution in [3.63, 3.8) is 0 Å². The number of rotatable bonds is 2. The van der Waals surface area contributed by atoms with E-state index < -0.39 is 5.97 Å². The highest BCUT2D eigenvalue weighted by atomic mass is 16.4. The number of anilines is 1. The molecule has 4 nitrogen and oxygen atoms in total. The molecule has 0 fully saturated rings. The SMILES string of the molecule is Nc1c(O)ccc(C(=O)O)c1-c1cccc2ccccc12. The monoisotopic (exact) mass is 279 g/mol. The molecule has 0 atom stereocenters. The molecule has 0 spiro atoms. The summed E-state index contributed by atoms with van der Waals surface area (Å²) in [6.07, 6.45) is 0. The summed E-state index contributed by atoms with van der Waals surface area (Å²) in [5.74, 6) is -1.20. The third-order valence-electron chi connectivity index (χ3n) is 3.51. The first kappa shape index (κ1) is 13.0. The lowest BCUT2D eigenvalue weighted by atomic mass is 9.93. The summed E-state index contributed by atoms with van der Waals surface area (Å²) in [6, 6.07) is 15.9. The van der Waals surface area contributed by atoms with Crippen molar-refractivity contribution in [3.05, 3.63) is 60.2 Å². The van der Waals surface area contributed by atoms with Gasteiger partial charge in [0.2, 0.25) is 0 Å². The van der Waals surface area contributed by atoms with E-state index in [2.05, 4.69) is 0 Å². The fraction of sp³-hybridized carbons (Fsp3) is 0. The molecule has 0 aromatic heterocycles. The van der Waals surface area contributed by atoms with Crippen LogP contribution in [0.4, 0.5) is 5.69 Å². The number of nitrogens with two attached hydrogens (primary N) is 1. The van der Waals surface area contributed by atoms with Crippen LogP contribution in [-0.2, 0) is 0 Å². The van der Waals surface area contributed by atoms with E-state index in [1.165, 1.54) is 12.1 Å². The van der Waals surface area contributed by atoms with Gasteiger partial charge in [-0.2, -0.15) is 0 Å².